The van der Waals surface area contributed by atoms with E-state index in [1.807, 2.05) is 25.1 Å². The lowest BCUT2D eigenvalue weighted by molar-refractivity contribution is 0.310. The lowest BCUT2D eigenvalue weighted by atomic mass is 10.1. The zero-order valence-electron chi connectivity index (χ0n) is 19.5. The Morgan fingerprint density at radius 1 is 0.938 bits per heavy atom. The van der Waals surface area contributed by atoms with E-state index in [1.165, 1.54) is 37.1 Å². The smallest absolute Gasteiger partial charge is 0.191 e. The SMILES string of the molecule is CCNC(=NCc1ccc(OC)c(OCC)c1)NCc1ccc(CN2CCCC2)cc1.I. The first-order valence-electron chi connectivity index (χ1n) is 11.3. The van der Waals surface area contributed by atoms with Gasteiger partial charge < -0.3 is 20.1 Å². The Labute approximate surface area is 209 Å². The number of hydrogen-bond acceptors (Lipinski definition) is 4. The van der Waals surface area contributed by atoms with Crippen molar-refractivity contribution in [3.8, 4) is 11.5 Å². The first-order valence-corrected chi connectivity index (χ1v) is 11.3. The van der Waals surface area contributed by atoms with Crippen molar-refractivity contribution in [3.63, 3.8) is 0 Å². The van der Waals surface area contributed by atoms with Crippen molar-refractivity contribution in [1.29, 1.82) is 0 Å². The molecule has 0 atom stereocenters. The van der Waals surface area contributed by atoms with Gasteiger partial charge in [-0.1, -0.05) is 30.3 Å². The van der Waals surface area contributed by atoms with Crippen LogP contribution >= 0.6 is 24.0 Å². The summed E-state index contributed by atoms with van der Waals surface area (Å²) in [7, 11) is 1.65. The maximum Gasteiger partial charge on any atom is 0.191 e. The summed E-state index contributed by atoms with van der Waals surface area (Å²) in [6, 6.07) is 14.8. The number of rotatable bonds is 10. The lowest BCUT2D eigenvalue weighted by Gasteiger charge is -2.15. The summed E-state index contributed by atoms with van der Waals surface area (Å²) < 4.78 is 11.0. The zero-order valence-corrected chi connectivity index (χ0v) is 21.9. The molecular formula is C25H37IN4O2. The van der Waals surface area contributed by atoms with Gasteiger partial charge in [-0.05, 0) is 68.6 Å². The second-order valence-electron chi connectivity index (χ2n) is 7.77. The molecule has 32 heavy (non-hydrogen) atoms. The van der Waals surface area contributed by atoms with Gasteiger partial charge >= 0.3 is 0 Å². The number of hydrogen-bond donors (Lipinski definition) is 2. The topological polar surface area (TPSA) is 58.1 Å². The Hall–Kier alpha value is -2.00. The summed E-state index contributed by atoms with van der Waals surface area (Å²) in [5, 5.41) is 6.76. The Morgan fingerprint density at radius 2 is 1.62 bits per heavy atom. The molecule has 0 amide bonds. The molecule has 1 fully saturated rings. The van der Waals surface area contributed by atoms with Crippen molar-refractivity contribution < 1.29 is 9.47 Å². The van der Waals surface area contributed by atoms with E-state index in [4.69, 9.17) is 14.5 Å². The third kappa shape index (κ3) is 8.16. The second kappa shape index (κ2) is 14.2. The third-order valence-electron chi connectivity index (χ3n) is 5.38. The largest absolute Gasteiger partial charge is 0.493 e. The number of methoxy groups -OCH3 is 1. The van der Waals surface area contributed by atoms with Crippen molar-refractivity contribution in [2.75, 3.05) is 33.4 Å². The maximum absolute atomic E-state index is 5.67. The quantitative estimate of drug-likeness (QED) is 0.257. The van der Waals surface area contributed by atoms with Crippen LogP contribution in [0.25, 0.3) is 0 Å². The highest BCUT2D eigenvalue weighted by Crippen LogP contribution is 2.28. The molecule has 7 heteroatoms. The predicted octanol–water partition coefficient (Wildman–Crippen LogP) is 4.56. The van der Waals surface area contributed by atoms with E-state index in [2.05, 4.69) is 46.7 Å². The van der Waals surface area contributed by atoms with Crippen molar-refractivity contribution in [2.24, 2.45) is 4.99 Å². The van der Waals surface area contributed by atoms with E-state index in [-0.39, 0.29) is 24.0 Å². The fraction of sp³-hybridized carbons (Fsp3) is 0.480. The van der Waals surface area contributed by atoms with Gasteiger partial charge in [-0.2, -0.15) is 0 Å². The molecule has 6 nitrogen and oxygen atoms in total. The van der Waals surface area contributed by atoms with Crippen LogP contribution in [0.4, 0.5) is 0 Å². The average Bonchev–Trinajstić information content (AvgIpc) is 3.30. The van der Waals surface area contributed by atoms with E-state index in [0.29, 0.717) is 13.2 Å². The molecular weight excluding hydrogens is 515 g/mol. The fourth-order valence-corrected chi connectivity index (χ4v) is 3.75. The average molecular weight is 553 g/mol. The number of aliphatic imine (C=N–C) groups is 1. The molecule has 0 saturated carbocycles. The van der Waals surface area contributed by atoms with Crippen LogP contribution < -0.4 is 20.1 Å². The van der Waals surface area contributed by atoms with Gasteiger partial charge in [0, 0.05) is 19.6 Å². The van der Waals surface area contributed by atoms with Crippen LogP contribution in [-0.4, -0.2) is 44.2 Å². The maximum atomic E-state index is 5.67. The summed E-state index contributed by atoms with van der Waals surface area (Å²) in [5.41, 5.74) is 3.71. The summed E-state index contributed by atoms with van der Waals surface area (Å²) in [4.78, 5) is 7.26. The summed E-state index contributed by atoms with van der Waals surface area (Å²) >= 11 is 0. The van der Waals surface area contributed by atoms with Gasteiger partial charge in [0.1, 0.15) is 0 Å². The molecule has 0 radical (unpaired) electrons. The predicted molar refractivity (Wildman–Crippen MR) is 142 cm³/mol. The molecule has 2 aromatic carbocycles. The molecule has 1 aliphatic rings. The van der Waals surface area contributed by atoms with Crippen LogP contribution in [0.3, 0.4) is 0 Å². The van der Waals surface area contributed by atoms with Crippen LogP contribution in [0.15, 0.2) is 47.5 Å². The number of nitrogens with zero attached hydrogens (tertiary/aromatic N) is 2. The number of benzene rings is 2. The highest BCUT2D eigenvalue weighted by atomic mass is 127. The number of halogens is 1. The summed E-state index contributed by atoms with van der Waals surface area (Å²) in [6.07, 6.45) is 2.66. The Bertz CT molecular complexity index is 836. The minimum atomic E-state index is 0. The standard InChI is InChI=1S/C25H36N4O2.HI/c1-4-26-25(28-18-22-12-13-23(30-3)24(16-22)31-5-2)27-17-20-8-10-21(11-9-20)19-29-14-6-7-15-29;/h8-13,16H,4-7,14-15,17-19H2,1-3H3,(H2,26,27,28);1H. The van der Waals surface area contributed by atoms with E-state index in [0.717, 1.165) is 42.7 Å². The van der Waals surface area contributed by atoms with E-state index >= 15 is 0 Å². The van der Waals surface area contributed by atoms with Gasteiger partial charge in [-0.25, -0.2) is 4.99 Å². The first kappa shape index (κ1) is 26.3. The van der Waals surface area contributed by atoms with Crippen molar-refractivity contribution in [1.82, 2.24) is 15.5 Å². The van der Waals surface area contributed by atoms with E-state index in [1.54, 1.807) is 7.11 Å². The van der Waals surface area contributed by atoms with Crippen LogP contribution in [-0.2, 0) is 19.6 Å². The van der Waals surface area contributed by atoms with Gasteiger partial charge in [0.05, 0.1) is 20.3 Å². The first-order chi connectivity index (χ1) is 15.2. The van der Waals surface area contributed by atoms with Gasteiger partial charge in [0.15, 0.2) is 17.5 Å². The molecule has 0 bridgehead atoms. The molecule has 1 aliphatic heterocycles. The number of likely N-dealkylation sites (tertiary alicyclic amines) is 1. The minimum absolute atomic E-state index is 0. The van der Waals surface area contributed by atoms with Crippen molar-refractivity contribution >= 4 is 29.9 Å². The molecule has 2 N–H and O–H groups in total. The van der Waals surface area contributed by atoms with Gasteiger partial charge in [-0.3, -0.25) is 4.90 Å². The monoisotopic (exact) mass is 552 g/mol. The Morgan fingerprint density at radius 3 is 2.28 bits per heavy atom. The van der Waals surface area contributed by atoms with Crippen molar-refractivity contribution in [3.05, 3.63) is 59.2 Å². The zero-order chi connectivity index (χ0) is 21.9. The fourth-order valence-electron chi connectivity index (χ4n) is 3.75. The molecule has 0 aromatic heterocycles. The number of ether oxygens (including phenoxy) is 2. The van der Waals surface area contributed by atoms with E-state index < -0.39 is 0 Å². The molecule has 3 rings (SSSR count). The van der Waals surface area contributed by atoms with Gasteiger partial charge in [0.2, 0.25) is 0 Å². The normalized spacial score (nSPS) is 14.0. The minimum Gasteiger partial charge on any atom is -0.493 e. The van der Waals surface area contributed by atoms with Crippen LogP contribution in [0.1, 0.15) is 43.4 Å². The molecule has 0 spiro atoms. The molecule has 0 aliphatic carbocycles. The molecule has 1 heterocycles. The van der Waals surface area contributed by atoms with Crippen LogP contribution in [0.2, 0.25) is 0 Å². The molecule has 1 saturated heterocycles. The van der Waals surface area contributed by atoms with Gasteiger partial charge in [0.25, 0.3) is 0 Å². The lowest BCUT2D eigenvalue weighted by Crippen LogP contribution is -2.36. The summed E-state index contributed by atoms with van der Waals surface area (Å²) in [5.74, 6) is 2.30. The highest BCUT2D eigenvalue weighted by Gasteiger charge is 2.11. The Kier molecular flexibility index (Phi) is 11.7. The number of guanidine groups is 1. The van der Waals surface area contributed by atoms with Crippen LogP contribution in [0.5, 0.6) is 11.5 Å². The van der Waals surface area contributed by atoms with Gasteiger partial charge in [-0.15, -0.1) is 24.0 Å². The van der Waals surface area contributed by atoms with E-state index in [9.17, 15) is 0 Å². The second-order valence-corrected chi connectivity index (χ2v) is 7.77. The third-order valence-corrected chi connectivity index (χ3v) is 5.38. The Balaban J connectivity index is 0.00000363. The highest BCUT2D eigenvalue weighted by molar-refractivity contribution is 14.0. The number of nitrogens with one attached hydrogen (secondary N) is 2. The molecule has 0 unspecified atom stereocenters. The van der Waals surface area contributed by atoms with Crippen LogP contribution in [0, 0.1) is 0 Å². The molecule has 2 aromatic rings. The van der Waals surface area contributed by atoms with Crippen molar-refractivity contribution in [2.45, 2.75) is 46.3 Å². The summed E-state index contributed by atoms with van der Waals surface area (Å²) in [6.45, 7) is 10.3. The molecule has 176 valence electrons.